The van der Waals surface area contributed by atoms with Gasteiger partial charge in [0, 0.05) is 6.42 Å². The zero-order valence-corrected chi connectivity index (χ0v) is 23.9. The smallest absolute Gasteiger partial charge is 0.306 e. The molecule has 0 amide bonds. The average Bonchev–Trinajstić information content (AvgIpc) is 2.78. The lowest BCUT2D eigenvalue weighted by Crippen LogP contribution is -2.37. The lowest BCUT2D eigenvalue weighted by Gasteiger charge is -2.26. The minimum absolute atomic E-state index is 0.0932. The van der Waals surface area contributed by atoms with Crippen molar-refractivity contribution in [2.24, 2.45) is 0 Å². The van der Waals surface area contributed by atoms with Crippen LogP contribution in [-0.2, 0) is 19.1 Å². The molecule has 5 nitrogen and oxygen atoms in total. The van der Waals surface area contributed by atoms with E-state index in [4.69, 9.17) is 9.47 Å². The number of ether oxygens (including phenoxy) is 2. The summed E-state index contributed by atoms with van der Waals surface area (Å²) in [5.74, 6) is -0.431. The summed E-state index contributed by atoms with van der Waals surface area (Å²) >= 11 is 0. The van der Waals surface area contributed by atoms with Crippen LogP contribution in [0.15, 0.2) is 0 Å². The largest absolute Gasteiger partial charge is 0.466 e. The van der Waals surface area contributed by atoms with E-state index < -0.39 is 11.2 Å². The highest BCUT2D eigenvalue weighted by molar-refractivity contribution is 5.89. The molecule has 0 saturated heterocycles. The van der Waals surface area contributed by atoms with Crippen LogP contribution < -0.4 is 0 Å². The monoisotopic (exact) mass is 498 g/mol. The molecule has 35 heavy (non-hydrogen) atoms. The van der Waals surface area contributed by atoms with Crippen molar-refractivity contribution in [2.45, 2.75) is 168 Å². The molecule has 0 aliphatic rings. The van der Waals surface area contributed by atoms with E-state index in [-0.39, 0.29) is 24.6 Å². The number of Topliss-reactive ketones (excluding diaryl/α,β-unsaturated/α-hetero) is 1. The van der Waals surface area contributed by atoms with E-state index in [1.807, 2.05) is 0 Å². The fourth-order valence-electron chi connectivity index (χ4n) is 4.06. The van der Waals surface area contributed by atoms with Gasteiger partial charge in [0.15, 0.2) is 5.78 Å². The first kappa shape index (κ1) is 34.1. The number of hydrogen-bond acceptors (Lipinski definition) is 5. The normalized spacial score (nSPS) is 12.2. The van der Waals surface area contributed by atoms with Crippen molar-refractivity contribution in [3.05, 3.63) is 0 Å². The third-order valence-corrected chi connectivity index (χ3v) is 6.67. The van der Waals surface area contributed by atoms with E-state index in [9.17, 15) is 14.7 Å². The summed E-state index contributed by atoms with van der Waals surface area (Å²) in [6, 6.07) is 0. The zero-order valence-electron chi connectivity index (χ0n) is 23.9. The van der Waals surface area contributed by atoms with E-state index in [0.717, 1.165) is 12.8 Å². The molecule has 0 spiro atoms. The van der Waals surface area contributed by atoms with Gasteiger partial charge in [-0.2, -0.15) is 0 Å². The molecule has 0 bridgehead atoms. The third-order valence-electron chi connectivity index (χ3n) is 6.67. The molecule has 0 rings (SSSR count). The average molecular weight is 499 g/mol. The van der Waals surface area contributed by atoms with Crippen LogP contribution in [0.2, 0.25) is 0 Å². The van der Waals surface area contributed by atoms with Crippen LogP contribution >= 0.6 is 0 Å². The molecule has 0 unspecified atom stereocenters. The topological polar surface area (TPSA) is 72.8 Å². The number of rotatable bonds is 25. The fraction of sp³-hybridized carbons (Fsp3) is 0.933. The van der Waals surface area contributed by atoms with Crippen molar-refractivity contribution in [3.63, 3.8) is 0 Å². The van der Waals surface area contributed by atoms with Crippen LogP contribution in [0.4, 0.5) is 0 Å². The van der Waals surface area contributed by atoms with Gasteiger partial charge in [0.1, 0.15) is 5.60 Å². The van der Waals surface area contributed by atoms with Gasteiger partial charge in [-0.15, -0.1) is 0 Å². The van der Waals surface area contributed by atoms with Crippen molar-refractivity contribution in [1.29, 1.82) is 0 Å². The number of unbranched alkanes of at least 4 members (excludes halogenated alkanes) is 15. The van der Waals surface area contributed by atoms with E-state index in [1.165, 1.54) is 89.9 Å². The first-order valence-electron chi connectivity index (χ1n) is 14.6. The molecule has 208 valence electrons. The van der Waals surface area contributed by atoms with Crippen LogP contribution in [-0.4, -0.2) is 41.3 Å². The molecule has 0 saturated carbocycles. The van der Waals surface area contributed by atoms with Crippen LogP contribution in [0.1, 0.15) is 157 Å². The maximum atomic E-state index is 12.4. The summed E-state index contributed by atoms with van der Waals surface area (Å²) in [7, 11) is 0. The second kappa shape index (κ2) is 21.2. The molecule has 0 heterocycles. The molecular formula is C30H58O5. The number of hydrogen-bond donors (Lipinski definition) is 1. The van der Waals surface area contributed by atoms with E-state index in [0.29, 0.717) is 19.6 Å². The molecule has 0 aliphatic heterocycles. The van der Waals surface area contributed by atoms with Crippen LogP contribution in [0.3, 0.4) is 0 Å². The van der Waals surface area contributed by atoms with Crippen LogP contribution in [0.5, 0.6) is 0 Å². The quantitative estimate of drug-likeness (QED) is 0.102. The van der Waals surface area contributed by atoms with Crippen molar-refractivity contribution in [1.82, 2.24) is 0 Å². The molecule has 0 aromatic heterocycles. The maximum Gasteiger partial charge on any atom is 0.306 e. The second-order valence-corrected chi connectivity index (χ2v) is 11.4. The minimum Gasteiger partial charge on any atom is -0.466 e. The molecular weight excluding hydrogens is 440 g/mol. The molecule has 0 aromatic carbocycles. The van der Waals surface area contributed by atoms with Gasteiger partial charge in [0.05, 0.1) is 25.2 Å². The van der Waals surface area contributed by atoms with Gasteiger partial charge in [0.2, 0.25) is 0 Å². The highest BCUT2D eigenvalue weighted by Crippen LogP contribution is 2.18. The number of carbonyl (C=O) groups excluding carboxylic acids is 2. The van der Waals surface area contributed by atoms with Crippen LogP contribution in [0.25, 0.3) is 0 Å². The number of ketones is 1. The summed E-state index contributed by atoms with van der Waals surface area (Å²) in [6.45, 7) is 9.85. The van der Waals surface area contributed by atoms with E-state index >= 15 is 0 Å². The SMILES string of the molecule is CCCCCCCCCCCCCCCCCCOC(=O)CCC(=O)C(C)(C)OCCC(C)(C)O. The summed E-state index contributed by atoms with van der Waals surface area (Å²) in [5.41, 5.74) is -1.78. The summed E-state index contributed by atoms with van der Waals surface area (Å²) in [5, 5.41) is 9.75. The molecule has 0 radical (unpaired) electrons. The third kappa shape index (κ3) is 23.2. The first-order valence-corrected chi connectivity index (χ1v) is 14.6. The fourth-order valence-corrected chi connectivity index (χ4v) is 4.06. The minimum atomic E-state index is -0.959. The highest BCUT2D eigenvalue weighted by atomic mass is 16.5. The predicted octanol–water partition coefficient (Wildman–Crippen LogP) is 8.10. The lowest BCUT2D eigenvalue weighted by molar-refractivity contribution is -0.149. The Morgan fingerprint density at radius 2 is 1.06 bits per heavy atom. The van der Waals surface area contributed by atoms with Crippen molar-refractivity contribution in [3.8, 4) is 0 Å². The second-order valence-electron chi connectivity index (χ2n) is 11.4. The van der Waals surface area contributed by atoms with Gasteiger partial charge in [-0.3, -0.25) is 9.59 Å². The Bertz CT molecular complexity index is 521. The van der Waals surface area contributed by atoms with Gasteiger partial charge in [0.25, 0.3) is 0 Å². The van der Waals surface area contributed by atoms with E-state index in [1.54, 1.807) is 27.7 Å². The molecule has 0 aromatic rings. The zero-order chi connectivity index (χ0) is 26.4. The Morgan fingerprint density at radius 3 is 1.49 bits per heavy atom. The summed E-state index contributed by atoms with van der Waals surface area (Å²) in [4.78, 5) is 24.3. The summed E-state index contributed by atoms with van der Waals surface area (Å²) in [6.07, 6.45) is 21.7. The molecule has 0 aliphatic carbocycles. The van der Waals surface area contributed by atoms with E-state index in [2.05, 4.69) is 6.92 Å². The Morgan fingerprint density at radius 1 is 0.629 bits per heavy atom. The van der Waals surface area contributed by atoms with Crippen LogP contribution in [0, 0.1) is 0 Å². The Kier molecular flexibility index (Phi) is 20.6. The van der Waals surface area contributed by atoms with Gasteiger partial charge < -0.3 is 14.6 Å². The van der Waals surface area contributed by atoms with Crippen molar-refractivity contribution < 1.29 is 24.2 Å². The standard InChI is InChI=1S/C30H58O5/c1-6-7-8-9-10-11-12-13-14-15-16-17-18-19-20-21-25-34-28(32)23-22-27(31)30(4,5)35-26-24-29(2,3)33/h33H,6-26H2,1-5H3. The number of aliphatic hydroxyl groups is 1. The van der Waals surface area contributed by atoms with Gasteiger partial charge in [-0.1, -0.05) is 103 Å². The van der Waals surface area contributed by atoms with Crippen molar-refractivity contribution in [2.75, 3.05) is 13.2 Å². The van der Waals surface area contributed by atoms with Gasteiger partial charge in [-0.25, -0.2) is 0 Å². The van der Waals surface area contributed by atoms with Gasteiger partial charge in [-0.05, 0) is 40.5 Å². The Hall–Kier alpha value is -0.940. The van der Waals surface area contributed by atoms with Gasteiger partial charge >= 0.3 is 5.97 Å². The number of esters is 1. The Balaban J connectivity index is 3.50. The lowest BCUT2D eigenvalue weighted by atomic mass is 9.99. The predicted molar refractivity (Wildman–Crippen MR) is 146 cm³/mol. The van der Waals surface area contributed by atoms with Crippen molar-refractivity contribution >= 4 is 11.8 Å². The number of carbonyl (C=O) groups is 2. The highest BCUT2D eigenvalue weighted by Gasteiger charge is 2.29. The molecule has 0 fully saturated rings. The first-order chi connectivity index (χ1) is 16.6. The molecule has 5 heteroatoms. The molecule has 1 N–H and O–H groups in total. The Labute approximate surface area is 217 Å². The molecule has 0 atom stereocenters. The maximum absolute atomic E-state index is 12.4. The summed E-state index contributed by atoms with van der Waals surface area (Å²) < 4.78 is 10.9.